The topological polar surface area (TPSA) is 43.7 Å². The van der Waals surface area contributed by atoms with Gasteiger partial charge in [-0.25, -0.2) is 8.78 Å². The van der Waals surface area contributed by atoms with Crippen molar-refractivity contribution in [1.82, 2.24) is 0 Å². The smallest absolute Gasteiger partial charge is 0.131 e. The third kappa shape index (κ3) is 3.92. The van der Waals surface area contributed by atoms with Gasteiger partial charge >= 0.3 is 0 Å². The molecule has 2 N–H and O–H groups in total. The molecule has 0 aromatic heterocycles. The molecule has 0 amide bonds. The minimum atomic E-state index is -1.17. The molecule has 0 heterocycles. The molecule has 0 aliphatic heterocycles. The SMILES string of the molecule is CC(C)C#C[C@]1(O)CC[C@H]2[C@@H]3CCC4=CC(O)CCC4=C3[C@@H](c3c(F)cc(N(C)C)cc3F)C[C@@]21C. The summed E-state index contributed by atoms with van der Waals surface area (Å²) in [5.41, 5.74) is 2.36. The summed E-state index contributed by atoms with van der Waals surface area (Å²) in [7, 11) is 3.55. The molecule has 3 nitrogen and oxygen atoms in total. The number of allylic oxidation sites excluding steroid dienone is 3. The molecule has 4 aliphatic carbocycles. The summed E-state index contributed by atoms with van der Waals surface area (Å²) in [6, 6.07) is 2.85. The Labute approximate surface area is 214 Å². The van der Waals surface area contributed by atoms with Gasteiger partial charge < -0.3 is 15.1 Å². The van der Waals surface area contributed by atoms with Crippen molar-refractivity contribution in [3.05, 3.63) is 52.1 Å². The maximum absolute atomic E-state index is 15.8. The lowest BCUT2D eigenvalue weighted by molar-refractivity contribution is -0.0519. The van der Waals surface area contributed by atoms with Gasteiger partial charge in [0, 0.05) is 42.6 Å². The van der Waals surface area contributed by atoms with Crippen molar-refractivity contribution in [3.8, 4) is 11.8 Å². The van der Waals surface area contributed by atoms with Gasteiger partial charge in [0.2, 0.25) is 0 Å². The second-order valence-corrected chi connectivity index (χ2v) is 12.2. The molecular weight excluding hydrogens is 456 g/mol. The molecule has 6 atom stereocenters. The van der Waals surface area contributed by atoms with Gasteiger partial charge in [0.1, 0.15) is 17.2 Å². The highest BCUT2D eigenvalue weighted by atomic mass is 19.1. The van der Waals surface area contributed by atoms with E-state index in [1.54, 1.807) is 19.0 Å². The third-order valence-electron chi connectivity index (χ3n) is 9.51. The largest absolute Gasteiger partial charge is 0.389 e. The molecule has 194 valence electrons. The average Bonchev–Trinajstić information content (AvgIpc) is 3.07. The highest BCUT2D eigenvalue weighted by Crippen LogP contribution is 2.67. The molecular formula is C31H39F2NO2. The minimum absolute atomic E-state index is 0.117. The van der Waals surface area contributed by atoms with E-state index < -0.39 is 34.7 Å². The van der Waals surface area contributed by atoms with E-state index in [0.717, 1.165) is 36.8 Å². The van der Waals surface area contributed by atoms with Crippen LogP contribution in [0.1, 0.15) is 77.2 Å². The quantitative estimate of drug-likeness (QED) is 0.487. The zero-order chi connectivity index (χ0) is 26.0. The molecule has 0 spiro atoms. The molecule has 5 heteroatoms. The summed E-state index contributed by atoms with van der Waals surface area (Å²) in [5.74, 6) is 5.41. The number of nitrogens with zero attached hydrogens (tertiary/aromatic N) is 1. The fraction of sp³-hybridized carbons (Fsp3) is 0.613. The van der Waals surface area contributed by atoms with E-state index in [9.17, 15) is 10.2 Å². The fourth-order valence-electron chi connectivity index (χ4n) is 7.67. The summed E-state index contributed by atoms with van der Waals surface area (Å²) in [4.78, 5) is 1.71. The summed E-state index contributed by atoms with van der Waals surface area (Å²) in [6.45, 7) is 6.13. The molecule has 2 saturated carbocycles. The monoisotopic (exact) mass is 495 g/mol. The van der Waals surface area contributed by atoms with E-state index in [4.69, 9.17) is 0 Å². The zero-order valence-corrected chi connectivity index (χ0v) is 22.2. The Morgan fingerprint density at radius 3 is 2.42 bits per heavy atom. The maximum Gasteiger partial charge on any atom is 0.131 e. The number of hydrogen-bond donors (Lipinski definition) is 2. The van der Waals surface area contributed by atoms with Crippen molar-refractivity contribution < 1.29 is 19.0 Å². The number of aliphatic hydroxyl groups excluding tert-OH is 1. The lowest BCUT2D eigenvalue weighted by atomic mass is 9.51. The number of rotatable bonds is 2. The van der Waals surface area contributed by atoms with E-state index in [1.807, 2.05) is 19.9 Å². The Bertz CT molecular complexity index is 1170. The van der Waals surface area contributed by atoms with Crippen LogP contribution in [-0.4, -0.2) is 36.0 Å². The first-order chi connectivity index (χ1) is 16.9. The fourth-order valence-corrected chi connectivity index (χ4v) is 7.67. The van der Waals surface area contributed by atoms with Crippen LogP contribution in [0, 0.1) is 46.6 Å². The maximum atomic E-state index is 15.8. The lowest BCUT2D eigenvalue weighted by Crippen LogP contribution is -2.51. The Morgan fingerprint density at radius 2 is 1.78 bits per heavy atom. The first-order valence-corrected chi connectivity index (χ1v) is 13.5. The molecule has 1 unspecified atom stereocenters. The molecule has 1 aromatic rings. The van der Waals surface area contributed by atoms with Gasteiger partial charge in [0.25, 0.3) is 0 Å². The molecule has 0 radical (unpaired) electrons. The van der Waals surface area contributed by atoms with Crippen LogP contribution >= 0.6 is 0 Å². The van der Waals surface area contributed by atoms with Crippen molar-refractivity contribution in [2.24, 2.45) is 23.2 Å². The predicted octanol–water partition coefficient (Wildman–Crippen LogP) is 6.11. The van der Waals surface area contributed by atoms with Crippen LogP contribution in [0.4, 0.5) is 14.5 Å². The molecule has 0 bridgehead atoms. The van der Waals surface area contributed by atoms with E-state index >= 15 is 8.78 Å². The molecule has 0 saturated heterocycles. The first-order valence-electron chi connectivity index (χ1n) is 13.5. The number of aliphatic hydroxyl groups is 2. The number of halogens is 2. The Morgan fingerprint density at radius 1 is 1.08 bits per heavy atom. The van der Waals surface area contributed by atoms with Crippen LogP contribution in [0.3, 0.4) is 0 Å². The second-order valence-electron chi connectivity index (χ2n) is 12.2. The van der Waals surface area contributed by atoms with Crippen LogP contribution in [0.15, 0.2) is 34.9 Å². The average molecular weight is 496 g/mol. The van der Waals surface area contributed by atoms with Crippen molar-refractivity contribution in [1.29, 1.82) is 0 Å². The molecule has 5 rings (SSSR count). The molecule has 36 heavy (non-hydrogen) atoms. The number of hydrogen-bond acceptors (Lipinski definition) is 3. The van der Waals surface area contributed by atoms with Gasteiger partial charge in [0.15, 0.2) is 0 Å². The van der Waals surface area contributed by atoms with E-state index in [2.05, 4.69) is 18.8 Å². The normalized spacial score (nSPS) is 35.4. The summed E-state index contributed by atoms with van der Waals surface area (Å²) < 4.78 is 31.6. The standard InChI is InChI=1S/C31H39F2NO2/c1-18(2)10-12-31(36)13-11-25-23-8-6-19-14-21(35)7-9-22(19)28(23)24(17-30(25,31)3)29-26(32)15-20(34(4)5)16-27(29)33/h14-16,18,21,23-25,35-36H,6-9,11,13,17H2,1-5H3/t21?,23-,24-,25-,30-,31-/m0/s1. The van der Waals surface area contributed by atoms with Crippen LogP contribution < -0.4 is 4.90 Å². The predicted molar refractivity (Wildman–Crippen MR) is 140 cm³/mol. The van der Waals surface area contributed by atoms with Gasteiger partial charge in [-0.3, -0.25) is 0 Å². The van der Waals surface area contributed by atoms with Gasteiger partial charge in [-0.15, -0.1) is 0 Å². The molecule has 2 fully saturated rings. The van der Waals surface area contributed by atoms with Gasteiger partial charge in [-0.2, -0.15) is 0 Å². The van der Waals surface area contributed by atoms with Crippen LogP contribution in [0.25, 0.3) is 0 Å². The lowest BCUT2D eigenvalue weighted by Gasteiger charge is -2.54. The first kappa shape index (κ1) is 25.5. The van der Waals surface area contributed by atoms with E-state index in [0.29, 0.717) is 24.9 Å². The summed E-state index contributed by atoms with van der Waals surface area (Å²) in [6.07, 6.45) is 6.51. The summed E-state index contributed by atoms with van der Waals surface area (Å²) >= 11 is 0. The van der Waals surface area contributed by atoms with Crippen molar-refractivity contribution >= 4 is 5.69 Å². The van der Waals surface area contributed by atoms with Crippen LogP contribution in [0.5, 0.6) is 0 Å². The number of fused-ring (bicyclic) bond motifs is 4. The minimum Gasteiger partial charge on any atom is -0.389 e. The highest BCUT2D eigenvalue weighted by Gasteiger charge is 2.63. The van der Waals surface area contributed by atoms with Gasteiger partial charge in [-0.05, 0) is 80.1 Å². The van der Waals surface area contributed by atoms with Crippen molar-refractivity contribution in [2.75, 3.05) is 19.0 Å². The Kier molecular flexibility index (Phi) is 6.37. The highest BCUT2D eigenvalue weighted by molar-refractivity contribution is 5.53. The Hall–Kier alpha value is -2.16. The van der Waals surface area contributed by atoms with Crippen molar-refractivity contribution in [2.45, 2.75) is 83.3 Å². The second kappa shape index (κ2) is 8.99. The van der Waals surface area contributed by atoms with Crippen LogP contribution in [-0.2, 0) is 0 Å². The zero-order valence-electron chi connectivity index (χ0n) is 22.2. The number of benzene rings is 1. The number of anilines is 1. The molecule has 4 aliphatic rings. The Balaban J connectivity index is 1.71. The van der Waals surface area contributed by atoms with Gasteiger partial charge in [0.05, 0.1) is 6.10 Å². The van der Waals surface area contributed by atoms with Crippen molar-refractivity contribution in [3.63, 3.8) is 0 Å². The van der Waals surface area contributed by atoms with E-state index in [1.165, 1.54) is 17.7 Å². The van der Waals surface area contributed by atoms with Gasteiger partial charge in [-0.1, -0.05) is 44.3 Å². The summed E-state index contributed by atoms with van der Waals surface area (Å²) in [5, 5.41) is 22.2. The van der Waals surface area contributed by atoms with Crippen LogP contribution in [0.2, 0.25) is 0 Å². The van der Waals surface area contributed by atoms with E-state index in [-0.39, 0.29) is 23.3 Å². The molecule has 1 aromatic carbocycles. The third-order valence-corrected chi connectivity index (χ3v) is 9.51.